The van der Waals surface area contributed by atoms with Crippen molar-refractivity contribution in [1.82, 2.24) is 39.6 Å². The largest absolute Gasteiger partial charge is 0.341 e. The highest BCUT2D eigenvalue weighted by Crippen LogP contribution is 2.21. The Morgan fingerprint density at radius 1 is 1.19 bits per heavy atom. The van der Waals surface area contributed by atoms with E-state index in [4.69, 9.17) is 4.98 Å². The SMILES string of the molecule is CC#CCn1c(N2CCCNCC2)nc2cnn(Cc3ccc4c(c3)nnn4C)c(=O)c21. The van der Waals surface area contributed by atoms with Crippen molar-refractivity contribution in [3.05, 3.63) is 40.3 Å². The lowest BCUT2D eigenvalue weighted by Gasteiger charge is -2.21. The molecule has 10 heteroatoms. The van der Waals surface area contributed by atoms with Gasteiger partial charge in [0.05, 0.1) is 24.8 Å². The molecule has 1 fully saturated rings. The van der Waals surface area contributed by atoms with Crippen LogP contribution in [-0.2, 0) is 20.1 Å². The zero-order valence-electron chi connectivity index (χ0n) is 18.2. The number of benzene rings is 1. The molecule has 1 saturated heterocycles. The molecule has 1 aromatic carbocycles. The van der Waals surface area contributed by atoms with Gasteiger partial charge in [-0.3, -0.25) is 9.36 Å². The van der Waals surface area contributed by atoms with Gasteiger partial charge in [0.1, 0.15) is 16.6 Å². The van der Waals surface area contributed by atoms with E-state index in [9.17, 15) is 4.79 Å². The predicted molar refractivity (Wildman–Crippen MR) is 123 cm³/mol. The van der Waals surface area contributed by atoms with Crippen LogP contribution in [-0.4, -0.2) is 60.5 Å². The van der Waals surface area contributed by atoms with Crippen molar-refractivity contribution < 1.29 is 0 Å². The second-order valence-electron chi connectivity index (χ2n) is 7.89. The Bertz CT molecular complexity index is 1390. The Morgan fingerprint density at radius 2 is 2.09 bits per heavy atom. The third kappa shape index (κ3) is 3.61. The molecule has 10 nitrogen and oxygen atoms in total. The molecule has 3 aromatic heterocycles. The number of anilines is 1. The van der Waals surface area contributed by atoms with E-state index in [0.29, 0.717) is 24.1 Å². The zero-order valence-corrected chi connectivity index (χ0v) is 18.2. The molecule has 0 saturated carbocycles. The topological polar surface area (TPSA) is 98.7 Å². The highest BCUT2D eigenvalue weighted by atomic mass is 16.1. The summed E-state index contributed by atoms with van der Waals surface area (Å²) in [6.45, 7) is 6.15. The Hall–Kier alpha value is -3.71. The van der Waals surface area contributed by atoms with Crippen molar-refractivity contribution in [3.63, 3.8) is 0 Å². The van der Waals surface area contributed by atoms with Gasteiger partial charge in [-0.15, -0.1) is 11.0 Å². The Kier molecular flexibility index (Phi) is 5.33. The molecule has 4 aromatic rings. The summed E-state index contributed by atoms with van der Waals surface area (Å²) in [5.41, 5.74) is 3.63. The van der Waals surface area contributed by atoms with Crippen LogP contribution in [0.3, 0.4) is 0 Å². The Labute approximate surface area is 184 Å². The van der Waals surface area contributed by atoms with E-state index in [0.717, 1.165) is 55.1 Å². The van der Waals surface area contributed by atoms with Crippen LogP contribution < -0.4 is 15.8 Å². The van der Waals surface area contributed by atoms with Crippen molar-refractivity contribution in [2.24, 2.45) is 7.05 Å². The smallest absolute Gasteiger partial charge is 0.293 e. The van der Waals surface area contributed by atoms with Crippen LogP contribution in [0.4, 0.5) is 5.95 Å². The van der Waals surface area contributed by atoms with Crippen LogP contribution in [0.25, 0.3) is 22.1 Å². The second kappa shape index (κ2) is 8.43. The fraction of sp³-hybridized carbons (Fsp3) is 0.409. The van der Waals surface area contributed by atoms with Gasteiger partial charge in [0, 0.05) is 26.7 Å². The van der Waals surface area contributed by atoms with Crippen LogP contribution in [0.15, 0.2) is 29.2 Å². The first kappa shape index (κ1) is 20.2. The number of hydrogen-bond donors (Lipinski definition) is 1. The summed E-state index contributed by atoms with van der Waals surface area (Å²) in [6, 6.07) is 5.87. The average molecular weight is 432 g/mol. The van der Waals surface area contributed by atoms with Gasteiger partial charge in [0.2, 0.25) is 5.95 Å². The summed E-state index contributed by atoms with van der Waals surface area (Å²) in [6.07, 6.45) is 2.70. The number of aryl methyl sites for hydroxylation is 1. The van der Waals surface area contributed by atoms with Crippen molar-refractivity contribution in [2.45, 2.75) is 26.4 Å². The van der Waals surface area contributed by atoms with E-state index in [-0.39, 0.29) is 5.56 Å². The molecule has 1 N–H and O–H groups in total. The van der Waals surface area contributed by atoms with E-state index in [1.165, 1.54) is 4.68 Å². The maximum Gasteiger partial charge on any atom is 0.293 e. The van der Waals surface area contributed by atoms with Gasteiger partial charge >= 0.3 is 0 Å². The summed E-state index contributed by atoms with van der Waals surface area (Å²) in [7, 11) is 1.85. The Balaban J connectivity index is 1.57. The van der Waals surface area contributed by atoms with Gasteiger partial charge in [0.25, 0.3) is 5.56 Å². The number of fused-ring (bicyclic) bond motifs is 2. The molecule has 0 spiro atoms. The van der Waals surface area contributed by atoms with E-state index in [1.54, 1.807) is 17.8 Å². The monoisotopic (exact) mass is 431 g/mol. The van der Waals surface area contributed by atoms with Crippen LogP contribution in [0.1, 0.15) is 18.9 Å². The van der Waals surface area contributed by atoms with Crippen LogP contribution >= 0.6 is 0 Å². The molecule has 0 unspecified atom stereocenters. The third-order valence-corrected chi connectivity index (χ3v) is 5.78. The summed E-state index contributed by atoms with van der Waals surface area (Å²) in [4.78, 5) is 20.5. The van der Waals surface area contributed by atoms with Gasteiger partial charge in [-0.05, 0) is 37.6 Å². The summed E-state index contributed by atoms with van der Waals surface area (Å²) in [5.74, 6) is 6.82. The van der Waals surface area contributed by atoms with Gasteiger partial charge in [0.15, 0.2) is 0 Å². The van der Waals surface area contributed by atoms with Crippen molar-refractivity contribution >= 4 is 28.0 Å². The minimum absolute atomic E-state index is 0.175. The normalized spacial score (nSPS) is 14.5. The maximum absolute atomic E-state index is 13.5. The minimum atomic E-state index is -0.175. The van der Waals surface area contributed by atoms with E-state index in [2.05, 4.69) is 37.5 Å². The first-order chi connectivity index (χ1) is 15.7. The summed E-state index contributed by atoms with van der Waals surface area (Å²) in [5, 5.41) is 16.0. The first-order valence-electron chi connectivity index (χ1n) is 10.8. The summed E-state index contributed by atoms with van der Waals surface area (Å²) >= 11 is 0. The molecule has 5 rings (SSSR count). The van der Waals surface area contributed by atoms with Gasteiger partial charge in [-0.2, -0.15) is 5.10 Å². The van der Waals surface area contributed by atoms with Crippen LogP contribution in [0.5, 0.6) is 0 Å². The zero-order chi connectivity index (χ0) is 22.1. The number of hydrogen-bond acceptors (Lipinski definition) is 7. The van der Waals surface area contributed by atoms with Crippen molar-refractivity contribution in [3.8, 4) is 11.8 Å². The number of imidazole rings is 1. The number of rotatable bonds is 4. The molecule has 0 amide bonds. The first-order valence-corrected chi connectivity index (χ1v) is 10.8. The van der Waals surface area contributed by atoms with Gasteiger partial charge < -0.3 is 10.2 Å². The molecule has 1 aliphatic heterocycles. The molecule has 4 heterocycles. The lowest BCUT2D eigenvalue weighted by Crippen LogP contribution is -2.31. The lowest BCUT2D eigenvalue weighted by molar-refractivity contribution is 0.642. The fourth-order valence-corrected chi connectivity index (χ4v) is 4.14. The predicted octanol–water partition coefficient (Wildman–Crippen LogP) is 0.746. The van der Waals surface area contributed by atoms with Crippen molar-refractivity contribution in [2.75, 3.05) is 31.1 Å². The highest BCUT2D eigenvalue weighted by Gasteiger charge is 2.21. The van der Waals surface area contributed by atoms with Gasteiger partial charge in [-0.25, -0.2) is 14.3 Å². The van der Waals surface area contributed by atoms with E-state index >= 15 is 0 Å². The van der Waals surface area contributed by atoms with Crippen LogP contribution in [0, 0.1) is 11.8 Å². The standard InChI is InChI=1S/C22H25N9O/c1-3-4-11-30-20-18(25-22(30)29-10-5-8-23-9-12-29)14-24-31(21(20)32)15-16-6-7-19-17(13-16)26-27-28(19)2/h6-7,13-14,23H,5,8-12,15H2,1-2H3. The van der Waals surface area contributed by atoms with E-state index < -0.39 is 0 Å². The molecule has 1 aliphatic rings. The number of nitrogens with one attached hydrogen (secondary N) is 1. The fourth-order valence-electron chi connectivity index (χ4n) is 4.14. The van der Waals surface area contributed by atoms with Crippen LogP contribution in [0.2, 0.25) is 0 Å². The highest BCUT2D eigenvalue weighted by molar-refractivity contribution is 5.77. The maximum atomic E-state index is 13.5. The second-order valence-corrected chi connectivity index (χ2v) is 7.89. The Morgan fingerprint density at radius 3 is 2.97 bits per heavy atom. The molecular formula is C22H25N9O. The molecular weight excluding hydrogens is 406 g/mol. The van der Waals surface area contributed by atoms with Crippen molar-refractivity contribution in [1.29, 1.82) is 0 Å². The molecule has 0 bridgehead atoms. The average Bonchev–Trinajstić information content (AvgIpc) is 3.22. The molecule has 164 valence electrons. The third-order valence-electron chi connectivity index (χ3n) is 5.78. The molecule has 0 atom stereocenters. The summed E-state index contributed by atoms with van der Waals surface area (Å²) < 4.78 is 5.14. The molecule has 0 aliphatic carbocycles. The molecule has 0 radical (unpaired) electrons. The van der Waals surface area contributed by atoms with Gasteiger partial charge in [-0.1, -0.05) is 17.2 Å². The number of nitrogens with zero attached hydrogens (tertiary/aromatic N) is 8. The molecule has 32 heavy (non-hydrogen) atoms. The quantitative estimate of drug-likeness (QED) is 0.476. The van der Waals surface area contributed by atoms with E-state index in [1.807, 2.05) is 29.8 Å². The lowest BCUT2D eigenvalue weighted by atomic mass is 10.2. The minimum Gasteiger partial charge on any atom is -0.341 e. The number of aromatic nitrogens is 7.